The quantitative estimate of drug-likeness (QED) is 0.201. The van der Waals surface area contributed by atoms with Gasteiger partial charge in [0, 0.05) is 12.4 Å². The zero-order valence-corrected chi connectivity index (χ0v) is 8.63. The SMILES string of the molecule is O=C[C-](O)[C@@H](O)[C@H](O)[C@H](O)CO.[Au+]. The Morgan fingerprint density at radius 3 is 2.08 bits per heavy atom. The first kappa shape index (κ1) is 15.5. The van der Waals surface area contributed by atoms with E-state index in [0.29, 0.717) is 0 Å². The Balaban J connectivity index is 0. The summed E-state index contributed by atoms with van der Waals surface area (Å²) in [5.74, 6) is 0. The smallest absolute Gasteiger partial charge is 0.535 e. The van der Waals surface area contributed by atoms with Gasteiger partial charge >= 0.3 is 22.4 Å². The minimum Gasteiger partial charge on any atom is -0.535 e. The van der Waals surface area contributed by atoms with Crippen LogP contribution in [-0.4, -0.2) is 56.7 Å². The molecule has 0 aromatic heterocycles. The molecule has 7 heteroatoms. The minimum atomic E-state index is -1.87. The normalized spacial score (nSPS) is 16.7. The Hall–Kier alpha value is 0.0803. The molecule has 5 N–H and O–H groups in total. The molecule has 0 aromatic carbocycles. The van der Waals surface area contributed by atoms with Gasteiger partial charge in [0.05, 0.1) is 12.7 Å². The summed E-state index contributed by atoms with van der Waals surface area (Å²) >= 11 is 0. The molecule has 0 amide bonds. The maximum absolute atomic E-state index is 9.86. The average molecular weight is 376 g/mol. The zero-order valence-electron chi connectivity index (χ0n) is 6.46. The molecule has 0 aliphatic rings. The van der Waals surface area contributed by atoms with Crippen molar-refractivity contribution in [2.75, 3.05) is 6.61 Å². The second-order valence-corrected chi connectivity index (χ2v) is 2.23. The Kier molecular flexibility index (Phi) is 8.95. The molecular weight excluding hydrogens is 365 g/mol. The second-order valence-electron chi connectivity index (χ2n) is 2.23. The van der Waals surface area contributed by atoms with E-state index in [1.807, 2.05) is 0 Å². The number of hydrogen-bond donors (Lipinski definition) is 5. The molecule has 0 rings (SSSR count). The van der Waals surface area contributed by atoms with E-state index >= 15 is 0 Å². The van der Waals surface area contributed by atoms with E-state index in [-0.39, 0.29) is 28.7 Å². The van der Waals surface area contributed by atoms with Crippen LogP contribution in [0, 0.1) is 6.10 Å². The van der Waals surface area contributed by atoms with Crippen molar-refractivity contribution in [3.63, 3.8) is 0 Å². The van der Waals surface area contributed by atoms with Gasteiger partial charge in [-0.05, 0) is 0 Å². The van der Waals surface area contributed by atoms with Crippen LogP contribution < -0.4 is 0 Å². The second kappa shape index (κ2) is 7.48. The first-order valence-electron chi connectivity index (χ1n) is 3.20. The van der Waals surface area contributed by atoms with Crippen LogP contribution in [0.5, 0.6) is 0 Å². The van der Waals surface area contributed by atoms with E-state index in [1.165, 1.54) is 0 Å². The fourth-order valence-electron chi connectivity index (χ4n) is 0.563. The number of carbonyl (C=O) groups is 1. The van der Waals surface area contributed by atoms with E-state index in [4.69, 9.17) is 25.5 Å². The Bertz CT molecular complexity index is 143. The van der Waals surface area contributed by atoms with E-state index < -0.39 is 31.0 Å². The summed E-state index contributed by atoms with van der Waals surface area (Å²) in [6.45, 7) is -0.773. The first-order chi connectivity index (χ1) is 5.54. The Morgan fingerprint density at radius 2 is 1.77 bits per heavy atom. The largest absolute Gasteiger partial charge is 1.00 e. The summed E-state index contributed by atoms with van der Waals surface area (Å²) in [7, 11) is 0. The molecule has 0 fully saturated rings. The van der Waals surface area contributed by atoms with Crippen molar-refractivity contribution in [3.05, 3.63) is 6.10 Å². The van der Waals surface area contributed by atoms with Gasteiger partial charge in [-0.1, -0.05) is 0 Å². The molecule has 0 spiro atoms. The number of carbonyl (C=O) groups excluding carboxylic acids is 1. The molecule has 0 aromatic rings. The molecule has 0 radical (unpaired) electrons. The Labute approximate surface area is 90.3 Å². The van der Waals surface area contributed by atoms with Crippen LogP contribution in [0.2, 0.25) is 0 Å². The van der Waals surface area contributed by atoms with Crippen molar-refractivity contribution in [3.8, 4) is 0 Å². The van der Waals surface area contributed by atoms with E-state index in [1.54, 1.807) is 0 Å². The molecular formula is C6H11AuO6. The summed E-state index contributed by atoms with van der Waals surface area (Å²) in [6, 6.07) is 0. The molecule has 0 aliphatic carbocycles. The van der Waals surface area contributed by atoms with Gasteiger partial charge in [-0.25, -0.2) is 0 Å². The summed E-state index contributed by atoms with van der Waals surface area (Å²) in [5, 5.41) is 43.4. The van der Waals surface area contributed by atoms with E-state index in [9.17, 15) is 4.79 Å². The van der Waals surface area contributed by atoms with Crippen LogP contribution in [0.1, 0.15) is 0 Å². The molecule has 0 unspecified atom stereocenters. The molecule has 0 heterocycles. The molecule has 0 saturated carbocycles. The zero-order chi connectivity index (χ0) is 9.72. The third-order valence-electron chi connectivity index (χ3n) is 1.33. The van der Waals surface area contributed by atoms with Crippen LogP contribution in [0.4, 0.5) is 0 Å². The van der Waals surface area contributed by atoms with Gasteiger partial charge in [-0.15, -0.1) is 0 Å². The third-order valence-corrected chi connectivity index (χ3v) is 1.33. The van der Waals surface area contributed by atoms with Crippen molar-refractivity contribution in [1.82, 2.24) is 0 Å². The summed E-state index contributed by atoms with van der Waals surface area (Å²) in [4.78, 5) is 9.86. The van der Waals surface area contributed by atoms with Crippen molar-refractivity contribution >= 4 is 6.29 Å². The van der Waals surface area contributed by atoms with Crippen molar-refractivity contribution in [1.29, 1.82) is 0 Å². The van der Waals surface area contributed by atoms with Gasteiger partial charge in [0.1, 0.15) is 6.10 Å². The van der Waals surface area contributed by atoms with Crippen LogP contribution in [0.15, 0.2) is 0 Å². The van der Waals surface area contributed by atoms with E-state index in [2.05, 4.69) is 0 Å². The molecule has 13 heavy (non-hydrogen) atoms. The van der Waals surface area contributed by atoms with Gasteiger partial charge in [0.15, 0.2) is 0 Å². The first-order valence-corrected chi connectivity index (χ1v) is 3.20. The van der Waals surface area contributed by atoms with E-state index in [0.717, 1.165) is 0 Å². The summed E-state index contributed by atoms with van der Waals surface area (Å²) < 4.78 is 0. The van der Waals surface area contributed by atoms with Crippen LogP contribution in [-0.2, 0) is 27.2 Å². The minimum absolute atomic E-state index is 0. The molecule has 0 aliphatic heterocycles. The Morgan fingerprint density at radius 1 is 1.31 bits per heavy atom. The fourth-order valence-corrected chi connectivity index (χ4v) is 0.563. The standard InChI is InChI=1S/C6H11O6.Au/c7-1-3(9)5(11)6(12)4(10)2-8;/h1,4-6,8-12H,2H2;/q-1;+1/t4-,5-,6-;/m1./s1. The molecule has 0 bridgehead atoms. The predicted molar refractivity (Wildman–Crippen MR) is 36.3 cm³/mol. The number of hydrogen-bond acceptors (Lipinski definition) is 6. The maximum atomic E-state index is 9.86. The van der Waals surface area contributed by atoms with Crippen LogP contribution in [0.25, 0.3) is 0 Å². The topological polar surface area (TPSA) is 118 Å². The number of aliphatic hydroxyl groups excluding tert-OH is 5. The molecule has 82 valence electrons. The number of aldehydes is 1. The number of rotatable bonds is 5. The van der Waals surface area contributed by atoms with Gasteiger partial charge in [0.25, 0.3) is 0 Å². The average Bonchev–Trinajstić information content (AvgIpc) is 2.12. The van der Waals surface area contributed by atoms with Gasteiger partial charge in [-0.3, -0.25) is 0 Å². The molecule has 6 nitrogen and oxygen atoms in total. The fraction of sp³-hybridized carbons (Fsp3) is 0.667. The van der Waals surface area contributed by atoms with Crippen molar-refractivity contribution in [2.45, 2.75) is 18.3 Å². The molecule has 0 saturated heterocycles. The van der Waals surface area contributed by atoms with Gasteiger partial charge in [-0.2, -0.15) is 6.10 Å². The van der Waals surface area contributed by atoms with Crippen LogP contribution in [0.3, 0.4) is 0 Å². The maximum Gasteiger partial charge on any atom is 1.00 e. The number of aliphatic hydroxyl groups is 5. The summed E-state index contributed by atoms with van der Waals surface area (Å²) in [5.41, 5.74) is 0. The van der Waals surface area contributed by atoms with Gasteiger partial charge < -0.3 is 30.3 Å². The van der Waals surface area contributed by atoms with Gasteiger partial charge in [0.2, 0.25) is 0 Å². The molecule has 3 atom stereocenters. The van der Waals surface area contributed by atoms with Crippen LogP contribution >= 0.6 is 0 Å². The van der Waals surface area contributed by atoms with Crippen molar-refractivity contribution < 1.29 is 52.7 Å². The summed E-state index contributed by atoms with van der Waals surface area (Å²) in [6.07, 6.45) is -6.29. The van der Waals surface area contributed by atoms with Crippen molar-refractivity contribution in [2.24, 2.45) is 0 Å². The third kappa shape index (κ3) is 4.75. The predicted octanol–water partition coefficient (Wildman–Crippen LogP) is -2.84. The monoisotopic (exact) mass is 376 g/mol.